The van der Waals surface area contributed by atoms with Crippen LogP contribution in [0.4, 0.5) is 0 Å². The maximum absolute atomic E-state index is 11.4. The lowest BCUT2D eigenvalue weighted by atomic mass is 10.4. The van der Waals surface area contributed by atoms with E-state index < -0.39 is 5.97 Å². The molecule has 0 atom stereocenters. The molecule has 1 aromatic carbocycles. The van der Waals surface area contributed by atoms with Gasteiger partial charge in [0, 0.05) is 16.0 Å². The van der Waals surface area contributed by atoms with Crippen LogP contribution in [-0.2, 0) is 4.79 Å². The quantitative estimate of drug-likeness (QED) is 0.462. The minimum absolute atomic E-state index is 0.0661. The molecule has 2 aromatic heterocycles. The molecule has 0 saturated carbocycles. The van der Waals surface area contributed by atoms with Crippen molar-refractivity contribution in [1.29, 1.82) is 0 Å². The number of aromatic amines is 1. The molecule has 128 valence electrons. The molecule has 3 aromatic rings. The monoisotopic (exact) mass is 393 g/mol. The first-order valence-corrected chi connectivity index (χ1v) is 9.06. The van der Waals surface area contributed by atoms with Crippen molar-refractivity contribution in [2.45, 2.75) is 22.1 Å². The highest BCUT2D eigenvalue weighted by molar-refractivity contribution is 8.04. The summed E-state index contributed by atoms with van der Waals surface area (Å²) in [6, 6.07) is 10.9. The number of aryl methyl sites for hydroxylation is 1. The second kappa shape index (κ2) is 7.81. The van der Waals surface area contributed by atoms with Crippen LogP contribution in [0.1, 0.15) is 11.6 Å². The van der Waals surface area contributed by atoms with Crippen molar-refractivity contribution in [3.63, 3.8) is 0 Å². The Hall–Kier alpha value is -2.16. The van der Waals surface area contributed by atoms with Crippen molar-refractivity contribution in [3.05, 3.63) is 57.9 Å². The Bertz CT molecular complexity index is 919. The first-order chi connectivity index (χ1) is 12.0. The van der Waals surface area contributed by atoms with Gasteiger partial charge in [-0.1, -0.05) is 23.4 Å². The molecule has 0 saturated heterocycles. The van der Waals surface area contributed by atoms with E-state index >= 15 is 0 Å². The first kappa shape index (κ1) is 17.7. The number of furan rings is 1. The number of nitrogens with zero attached hydrogens (tertiary/aromatic N) is 2. The maximum atomic E-state index is 11.4. The van der Waals surface area contributed by atoms with Crippen LogP contribution < -0.4 is 0 Å². The molecule has 2 heterocycles. The fourth-order valence-corrected chi connectivity index (χ4v) is 3.45. The lowest BCUT2D eigenvalue weighted by Gasteiger charge is -1.99. The van der Waals surface area contributed by atoms with E-state index in [4.69, 9.17) is 16.0 Å². The van der Waals surface area contributed by atoms with Gasteiger partial charge in [-0.05, 0) is 55.1 Å². The molecule has 0 aliphatic carbocycles. The van der Waals surface area contributed by atoms with Gasteiger partial charge in [0.2, 0.25) is 5.16 Å². The van der Waals surface area contributed by atoms with Crippen molar-refractivity contribution in [2.24, 2.45) is 0 Å². The summed E-state index contributed by atoms with van der Waals surface area (Å²) in [5, 5.41) is 17.6. The highest BCUT2D eigenvalue weighted by atomic mass is 35.5. The number of nitrogens with one attached hydrogen (secondary N) is 1. The van der Waals surface area contributed by atoms with E-state index in [1.807, 2.05) is 12.1 Å². The zero-order valence-corrected chi connectivity index (χ0v) is 15.3. The molecule has 0 aliphatic rings. The highest BCUT2D eigenvalue weighted by Gasteiger charge is 2.14. The number of thioether (sulfide) groups is 1. The standard InChI is InChI=1S/C16H12ClN3O3S2/c1-9-18-16(20-19-9)25-13(15(21)22)8-11-4-7-14(23-11)24-12-5-2-10(17)3-6-12/h2-8H,1H3,(H,21,22)(H,18,19,20)/b13-8-. The number of hydrogen-bond acceptors (Lipinski definition) is 6. The Labute approximate surface area is 156 Å². The van der Waals surface area contributed by atoms with Crippen LogP contribution in [0.25, 0.3) is 6.08 Å². The lowest BCUT2D eigenvalue weighted by Crippen LogP contribution is -1.97. The van der Waals surface area contributed by atoms with E-state index in [0.29, 0.717) is 26.9 Å². The van der Waals surface area contributed by atoms with Crippen molar-refractivity contribution >= 4 is 47.2 Å². The van der Waals surface area contributed by atoms with Gasteiger partial charge in [0.25, 0.3) is 0 Å². The van der Waals surface area contributed by atoms with Gasteiger partial charge >= 0.3 is 5.97 Å². The van der Waals surface area contributed by atoms with Crippen molar-refractivity contribution < 1.29 is 14.3 Å². The van der Waals surface area contributed by atoms with E-state index in [1.165, 1.54) is 17.8 Å². The summed E-state index contributed by atoms with van der Waals surface area (Å²) in [5.41, 5.74) is 0. The number of carboxylic acid groups (broad SMARTS) is 1. The average Bonchev–Trinajstić information content (AvgIpc) is 3.18. The summed E-state index contributed by atoms with van der Waals surface area (Å²) in [7, 11) is 0. The van der Waals surface area contributed by atoms with Crippen molar-refractivity contribution in [2.75, 3.05) is 0 Å². The van der Waals surface area contributed by atoms with Gasteiger partial charge in [-0.2, -0.15) is 0 Å². The highest BCUT2D eigenvalue weighted by Crippen LogP contribution is 2.32. The molecular weight excluding hydrogens is 382 g/mol. The van der Waals surface area contributed by atoms with Crippen LogP contribution in [0.15, 0.2) is 60.9 Å². The van der Waals surface area contributed by atoms with Crippen LogP contribution in [0.2, 0.25) is 5.02 Å². The number of carbonyl (C=O) groups is 1. The van der Waals surface area contributed by atoms with Gasteiger partial charge < -0.3 is 9.52 Å². The molecule has 25 heavy (non-hydrogen) atoms. The minimum atomic E-state index is -1.07. The number of H-pyrrole nitrogens is 1. The third-order valence-corrected chi connectivity index (χ3v) is 4.95. The average molecular weight is 394 g/mol. The zero-order chi connectivity index (χ0) is 17.8. The molecule has 3 rings (SSSR count). The smallest absolute Gasteiger partial charge is 0.342 e. The van der Waals surface area contributed by atoms with Crippen LogP contribution in [0, 0.1) is 6.92 Å². The summed E-state index contributed by atoms with van der Waals surface area (Å²) in [6.07, 6.45) is 1.45. The number of halogens is 1. The fourth-order valence-electron chi connectivity index (χ4n) is 1.82. The predicted octanol–water partition coefficient (Wildman–Crippen LogP) is 4.73. The van der Waals surface area contributed by atoms with Gasteiger partial charge in [0.05, 0.1) is 0 Å². The summed E-state index contributed by atoms with van der Waals surface area (Å²) >= 11 is 8.24. The number of hydrogen-bond donors (Lipinski definition) is 2. The Balaban J connectivity index is 1.75. The van der Waals surface area contributed by atoms with E-state index in [9.17, 15) is 9.90 Å². The Morgan fingerprint density at radius 1 is 1.28 bits per heavy atom. The summed E-state index contributed by atoms with van der Waals surface area (Å²) < 4.78 is 5.67. The SMILES string of the molecule is Cc1nc(S/C(=C\c2ccc(Sc3ccc(Cl)cc3)o2)C(=O)O)n[nH]1. The van der Waals surface area contributed by atoms with Gasteiger partial charge in [-0.15, -0.1) is 5.10 Å². The van der Waals surface area contributed by atoms with Gasteiger partial charge in [-0.3, -0.25) is 5.10 Å². The third-order valence-electron chi connectivity index (χ3n) is 2.90. The predicted molar refractivity (Wildman–Crippen MR) is 96.9 cm³/mol. The molecule has 6 nitrogen and oxygen atoms in total. The molecule has 0 unspecified atom stereocenters. The molecule has 0 radical (unpaired) electrons. The number of benzene rings is 1. The zero-order valence-electron chi connectivity index (χ0n) is 12.9. The molecule has 2 N–H and O–H groups in total. The summed E-state index contributed by atoms with van der Waals surface area (Å²) in [6.45, 7) is 1.74. The Morgan fingerprint density at radius 2 is 2.04 bits per heavy atom. The fraction of sp³-hybridized carbons (Fsp3) is 0.0625. The lowest BCUT2D eigenvalue weighted by molar-refractivity contribution is -0.131. The summed E-state index contributed by atoms with van der Waals surface area (Å²) in [5.74, 6) is -0.0173. The number of carboxylic acids is 1. The summed E-state index contributed by atoms with van der Waals surface area (Å²) in [4.78, 5) is 16.6. The van der Waals surface area contributed by atoms with E-state index in [-0.39, 0.29) is 4.91 Å². The molecule has 0 aliphatic heterocycles. The minimum Gasteiger partial charge on any atom is -0.477 e. The first-order valence-electron chi connectivity index (χ1n) is 7.05. The van der Waals surface area contributed by atoms with Gasteiger partial charge in [-0.25, -0.2) is 9.78 Å². The largest absolute Gasteiger partial charge is 0.477 e. The van der Waals surface area contributed by atoms with E-state index in [2.05, 4.69) is 15.2 Å². The second-order valence-electron chi connectivity index (χ2n) is 4.83. The van der Waals surface area contributed by atoms with E-state index in [0.717, 1.165) is 16.7 Å². The molecule has 0 bridgehead atoms. The van der Waals surface area contributed by atoms with Crippen LogP contribution in [-0.4, -0.2) is 26.3 Å². The van der Waals surface area contributed by atoms with Gasteiger partial charge in [0.1, 0.15) is 16.5 Å². The van der Waals surface area contributed by atoms with Crippen LogP contribution in [0.5, 0.6) is 0 Å². The topological polar surface area (TPSA) is 92.0 Å². The molecular formula is C16H12ClN3O3S2. The molecule has 0 fully saturated rings. The molecule has 0 amide bonds. The van der Waals surface area contributed by atoms with Crippen molar-refractivity contribution in [3.8, 4) is 0 Å². The normalized spacial score (nSPS) is 11.7. The number of rotatable bonds is 6. The van der Waals surface area contributed by atoms with Crippen LogP contribution in [0.3, 0.4) is 0 Å². The maximum Gasteiger partial charge on any atom is 0.342 e. The molecule has 9 heteroatoms. The number of aliphatic carboxylic acids is 1. The van der Waals surface area contributed by atoms with Crippen molar-refractivity contribution in [1.82, 2.24) is 15.2 Å². The Kier molecular flexibility index (Phi) is 5.52. The second-order valence-corrected chi connectivity index (χ2v) is 7.36. The van der Waals surface area contributed by atoms with Crippen LogP contribution >= 0.6 is 35.1 Å². The third kappa shape index (κ3) is 4.91. The molecule has 0 spiro atoms. The van der Waals surface area contributed by atoms with E-state index in [1.54, 1.807) is 31.2 Å². The Morgan fingerprint density at radius 3 is 2.68 bits per heavy atom. The number of aromatic nitrogens is 3. The van der Waals surface area contributed by atoms with Gasteiger partial charge in [0.15, 0.2) is 5.09 Å².